The molecule has 0 aliphatic heterocycles. The van der Waals surface area contributed by atoms with Gasteiger partial charge < -0.3 is 9.84 Å². The Morgan fingerprint density at radius 2 is 1.83 bits per heavy atom. The Morgan fingerprint density at radius 1 is 1.03 bits per heavy atom. The number of carboxylic acids is 1. The molecule has 4 rings (SSSR count). The maximum atomic E-state index is 11.4. The van der Waals surface area contributed by atoms with Gasteiger partial charge in [-0.3, -0.25) is 0 Å². The van der Waals surface area contributed by atoms with Crippen LogP contribution in [0, 0.1) is 6.92 Å². The molecule has 2 atom stereocenters. The molecule has 1 aliphatic carbocycles. The lowest BCUT2D eigenvalue weighted by Crippen LogP contribution is -2.11. The van der Waals surface area contributed by atoms with Crippen molar-refractivity contribution in [3.8, 4) is 5.75 Å². The molecule has 0 spiro atoms. The maximum absolute atomic E-state index is 11.4. The molecule has 4 heteroatoms. The zero-order valence-electron chi connectivity index (χ0n) is 16.5. The fraction of sp³-hybridized carbons (Fsp3) is 0.280. The number of hydrogen-bond acceptors (Lipinski definition) is 3. The van der Waals surface area contributed by atoms with Crippen LogP contribution in [-0.4, -0.2) is 16.1 Å². The number of aromatic nitrogens is 1. The van der Waals surface area contributed by atoms with Gasteiger partial charge in [0.05, 0.1) is 0 Å². The molecule has 1 aromatic heterocycles. The van der Waals surface area contributed by atoms with Crippen LogP contribution in [0.1, 0.15) is 64.0 Å². The number of aryl methyl sites for hydroxylation is 1. The lowest BCUT2D eigenvalue weighted by atomic mass is 9.85. The van der Waals surface area contributed by atoms with Crippen LogP contribution in [-0.2, 0) is 6.61 Å². The van der Waals surface area contributed by atoms with Crippen LogP contribution in [0.2, 0.25) is 0 Å². The molecule has 29 heavy (non-hydrogen) atoms. The van der Waals surface area contributed by atoms with Gasteiger partial charge in [-0.25, -0.2) is 9.78 Å². The minimum Gasteiger partial charge on any atom is -0.489 e. The van der Waals surface area contributed by atoms with E-state index in [1.54, 1.807) is 12.1 Å². The van der Waals surface area contributed by atoms with E-state index < -0.39 is 5.97 Å². The number of pyridine rings is 1. The van der Waals surface area contributed by atoms with E-state index in [1.807, 2.05) is 24.3 Å². The quantitative estimate of drug-likeness (QED) is 0.588. The van der Waals surface area contributed by atoms with E-state index in [0.717, 1.165) is 36.3 Å². The highest BCUT2D eigenvalue weighted by atomic mass is 16.5. The molecule has 3 aromatic rings. The van der Waals surface area contributed by atoms with Crippen LogP contribution in [0.5, 0.6) is 5.75 Å². The third-order valence-electron chi connectivity index (χ3n) is 5.69. The first kappa shape index (κ1) is 19.2. The van der Waals surface area contributed by atoms with Crippen LogP contribution >= 0.6 is 0 Å². The fourth-order valence-corrected chi connectivity index (χ4v) is 4.29. The highest BCUT2D eigenvalue weighted by Gasteiger charge is 2.33. The van der Waals surface area contributed by atoms with Crippen molar-refractivity contribution < 1.29 is 14.6 Å². The first-order chi connectivity index (χ1) is 14.1. The molecule has 1 N–H and O–H groups in total. The van der Waals surface area contributed by atoms with Crippen molar-refractivity contribution >= 4 is 5.97 Å². The Morgan fingerprint density at radius 3 is 2.62 bits per heavy atom. The number of nitrogens with zero attached hydrogens (tertiary/aromatic N) is 1. The summed E-state index contributed by atoms with van der Waals surface area (Å²) < 4.78 is 6.22. The standard InChI is InChI=1S/C25H25NO3/c1-17-13-14-24(29-16-18-7-3-2-4-8-18)21(15-17)19-9-5-10-20(19)22-11-6-12-23(26-22)25(27)28/h2-4,6-8,11-15,19-20H,5,9-10,16H2,1H3,(H,27,28). The summed E-state index contributed by atoms with van der Waals surface area (Å²) in [5, 5.41) is 9.31. The molecule has 1 saturated carbocycles. The van der Waals surface area contributed by atoms with Gasteiger partial charge in [-0.1, -0.05) is 60.5 Å². The molecule has 2 unspecified atom stereocenters. The highest BCUT2D eigenvalue weighted by molar-refractivity contribution is 5.85. The van der Waals surface area contributed by atoms with Crippen molar-refractivity contribution in [3.05, 3.63) is 94.8 Å². The molecule has 148 valence electrons. The summed E-state index contributed by atoms with van der Waals surface area (Å²) in [6, 6.07) is 21.8. The second-order valence-corrected chi connectivity index (χ2v) is 7.71. The van der Waals surface area contributed by atoms with Crippen molar-refractivity contribution in [3.63, 3.8) is 0 Å². The van der Waals surface area contributed by atoms with Gasteiger partial charge in [0.1, 0.15) is 18.1 Å². The van der Waals surface area contributed by atoms with Gasteiger partial charge in [0.15, 0.2) is 0 Å². The molecule has 4 nitrogen and oxygen atoms in total. The minimum absolute atomic E-state index is 0.109. The van der Waals surface area contributed by atoms with Gasteiger partial charge in [-0.05, 0) is 55.0 Å². The smallest absolute Gasteiger partial charge is 0.354 e. The minimum atomic E-state index is -0.983. The first-order valence-electron chi connectivity index (χ1n) is 10.1. The number of carboxylic acid groups (broad SMARTS) is 1. The highest BCUT2D eigenvalue weighted by Crippen LogP contribution is 2.48. The molecule has 0 radical (unpaired) electrons. The van der Waals surface area contributed by atoms with Crippen LogP contribution in [0.15, 0.2) is 66.7 Å². The normalized spacial score (nSPS) is 18.5. The third kappa shape index (κ3) is 4.32. The van der Waals surface area contributed by atoms with Crippen molar-refractivity contribution in [2.45, 2.75) is 44.6 Å². The van der Waals surface area contributed by atoms with E-state index in [2.05, 4.69) is 42.2 Å². The molecule has 1 fully saturated rings. The molecule has 0 saturated heterocycles. The summed E-state index contributed by atoms with van der Waals surface area (Å²) in [5.41, 5.74) is 4.51. The monoisotopic (exact) mass is 387 g/mol. The zero-order chi connectivity index (χ0) is 20.2. The number of benzene rings is 2. The maximum Gasteiger partial charge on any atom is 0.354 e. The third-order valence-corrected chi connectivity index (χ3v) is 5.69. The molecular formula is C25H25NO3. The second-order valence-electron chi connectivity index (χ2n) is 7.71. The average molecular weight is 387 g/mol. The molecule has 0 amide bonds. The van der Waals surface area contributed by atoms with Crippen molar-refractivity contribution in [1.82, 2.24) is 4.98 Å². The fourth-order valence-electron chi connectivity index (χ4n) is 4.29. The molecule has 1 heterocycles. The number of aromatic carboxylic acids is 1. The Balaban J connectivity index is 1.63. The summed E-state index contributed by atoms with van der Waals surface area (Å²) in [6.45, 7) is 2.62. The van der Waals surface area contributed by atoms with Gasteiger partial charge in [-0.2, -0.15) is 0 Å². The van der Waals surface area contributed by atoms with Gasteiger partial charge in [-0.15, -0.1) is 0 Å². The van der Waals surface area contributed by atoms with Crippen molar-refractivity contribution in [1.29, 1.82) is 0 Å². The van der Waals surface area contributed by atoms with Crippen molar-refractivity contribution in [2.24, 2.45) is 0 Å². The van der Waals surface area contributed by atoms with E-state index in [-0.39, 0.29) is 17.5 Å². The number of ether oxygens (including phenoxy) is 1. The largest absolute Gasteiger partial charge is 0.489 e. The summed E-state index contributed by atoms with van der Waals surface area (Å²) >= 11 is 0. The number of carbonyl (C=O) groups is 1. The van der Waals surface area contributed by atoms with E-state index in [1.165, 1.54) is 11.1 Å². The number of hydrogen-bond donors (Lipinski definition) is 1. The summed E-state index contributed by atoms with van der Waals surface area (Å²) in [6.07, 6.45) is 3.15. The summed E-state index contributed by atoms with van der Waals surface area (Å²) in [7, 11) is 0. The Kier molecular flexibility index (Phi) is 5.61. The predicted molar refractivity (Wildman–Crippen MR) is 112 cm³/mol. The van der Waals surface area contributed by atoms with Crippen LogP contribution in [0.3, 0.4) is 0 Å². The van der Waals surface area contributed by atoms with E-state index >= 15 is 0 Å². The van der Waals surface area contributed by atoms with Gasteiger partial charge in [0.25, 0.3) is 0 Å². The van der Waals surface area contributed by atoms with E-state index in [0.29, 0.717) is 6.61 Å². The first-order valence-corrected chi connectivity index (χ1v) is 10.1. The lowest BCUT2D eigenvalue weighted by Gasteiger charge is -2.23. The lowest BCUT2D eigenvalue weighted by molar-refractivity contribution is 0.0690. The molecule has 2 aromatic carbocycles. The van der Waals surface area contributed by atoms with E-state index in [9.17, 15) is 9.90 Å². The van der Waals surface area contributed by atoms with Crippen LogP contribution < -0.4 is 4.74 Å². The Labute approximate surface area is 171 Å². The summed E-state index contributed by atoms with van der Waals surface area (Å²) in [5.74, 6) is 0.405. The molecule has 1 aliphatic rings. The molecule has 0 bridgehead atoms. The Bertz CT molecular complexity index is 1000. The average Bonchev–Trinajstić information content (AvgIpc) is 3.23. The zero-order valence-corrected chi connectivity index (χ0v) is 16.5. The summed E-state index contributed by atoms with van der Waals surface area (Å²) in [4.78, 5) is 15.8. The van der Waals surface area contributed by atoms with Gasteiger partial charge >= 0.3 is 5.97 Å². The Hall–Kier alpha value is -3.14. The van der Waals surface area contributed by atoms with Crippen LogP contribution in [0.4, 0.5) is 0 Å². The van der Waals surface area contributed by atoms with Crippen LogP contribution in [0.25, 0.3) is 0 Å². The van der Waals surface area contributed by atoms with Gasteiger partial charge in [0, 0.05) is 11.6 Å². The number of rotatable bonds is 6. The molecular weight excluding hydrogens is 362 g/mol. The SMILES string of the molecule is Cc1ccc(OCc2ccccc2)c(C2CCCC2c2cccc(C(=O)O)n2)c1. The van der Waals surface area contributed by atoms with Crippen molar-refractivity contribution in [2.75, 3.05) is 0 Å². The topological polar surface area (TPSA) is 59.4 Å². The van der Waals surface area contributed by atoms with E-state index in [4.69, 9.17) is 4.74 Å². The second kappa shape index (κ2) is 8.48. The van der Waals surface area contributed by atoms with Gasteiger partial charge in [0.2, 0.25) is 0 Å². The predicted octanol–water partition coefficient (Wildman–Crippen LogP) is 5.72.